The van der Waals surface area contributed by atoms with Crippen LogP contribution in [0.1, 0.15) is 18.4 Å². The number of anilines is 1. The van der Waals surface area contributed by atoms with Crippen molar-refractivity contribution < 1.29 is 14.6 Å². The van der Waals surface area contributed by atoms with Crippen LogP contribution in [0.2, 0.25) is 0 Å². The first-order chi connectivity index (χ1) is 12.7. The van der Waals surface area contributed by atoms with E-state index < -0.39 is 0 Å². The molecule has 0 spiro atoms. The Kier molecular flexibility index (Phi) is 6.00. The fraction of sp³-hybridized carbons (Fsp3) is 0.381. The molecule has 0 bridgehead atoms. The molecule has 138 valence electrons. The lowest BCUT2D eigenvalue weighted by Gasteiger charge is -2.21. The SMILES string of the molecule is COc1ccccc1N1CCC(CNC(=O)CCc2ccccc2O)C1. The number of benzene rings is 2. The van der Waals surface area contributed by atoms with Crippen molar-refractivity contribution in [2.45, 2.75) is 19.3 Å². The molecule has 0 saturated carbocycles. The number of nitrogens with one attached hydrogen (secondary N) is 1. The maximum absolute atomic E-state index is 12.1. The third-order valence-electron chi connectivity index (χ3n) is 4.91. The van der Waals surface area contributed by atoms with Crippen LogP contribution in [0.25, 0.3) is 0 Å². The first-order valence-corrected chi connectivity index (χ1v) is 9.09. The Morgan fingerprint density at radius 1 is 1.23 bits per heavy atom. The van der Waals surface area contributed by atoms with Gasteiger partial charge < -0.3 is 20.1 Å². The van der Waals surface area contributed by atoms with E-state index in [2.05, 4.69) is 16.3 Å². The second-order valence-corrected chi connectivity index (χ2v) is 6.71. The number of carbonyl (C=O) groups is 1. The van der Waals surface area contributed by atoms with Gasteiger partial charge in [-0.3, -0.25) is 4.79 Å². The number of para-hydroxylation sites is 3. The van der Waals surface area contributed by atoms with Crippen LogP contribution in [-0.4, -0.2) is 37.8 Å². The second kappa shape index (κ2) is 8.61. The predicted octanol–water partition coefficient (Wildman–Crippen LogP) is 2.98. The Bertz CT molecular complexity index is 748. The number of nitrogens with zero attached hydrogens (tertiary/aromatic N) is 1. The van der Waals surface area contributed by atoms with Crippen molar-refractivity contribution in [2.24, 2.45) is 5.92 Å². The van der Waals surface area contributed by atoms with E-state index in [4.69, 9.17) is 4.74 Å². The average Bonchev–Trinajstić information content (AvgIpc) is 3.14. The molecule has 0 aliphatic carbocycles. The van der Waals surface area contributed by atoms with Gasteiger partial charge in [0.15, 0.2) is 0 Å². The summed E-state index contributed by atoms with van der Waals surface area (Å²) in [6.07, 6.45) is 1.99. The van der Waals surface area contributed by atoms with Crippen LogP contribution < -0.4 is 15.0 Å². The molecule has 0 aromatic heterocycles. The zero-order valence-corrected chi connectivity index (χ0v) is 15.1. The Hall–Kier alpha value is -2.69. The summed E-state index contributed by atoms with van der Waals surface area (Å²) in [5.74, 6) is 1.61. The normalized spacial score (nSPS) is 16.5. The summed E-state index contributed by atoms with van der Waals surface area (Å²) in [6, 6.07) is 15.2. The lowest BCUT2D eigenvalue weighted by molar-refractivity contribution is -0.121. The number of methoxy groups -OCH3 is 1. The molecule has 2 aromatic rings. The summed E-state index contributed by atoms with van der Waals surface area (Å²) in [6.45, 7) is 2.57. The molecule has 2 aromatic carbocycles. The molecule has 1 saturated heterocycles. The molecule has 1 fully saturated rings. The number of aryl methyl sites for hydroxylation is 1. The van der Waals surface area contributed by atoms with Gasteiger partial charge >= 0.3 is 0 Å². The smallest absolute Gasteiger partial charge is 0.220 e. The van der Waals surface area contributed by atoms with E-state index in [0.717, 1.165) is 36.5 Å². The Morgan fingerprint density at radius 3 is 2.81 bits per heavy atom. The molecule has 1 aliphatic rings. The highest BCUT2D eigenvalue weighted by atomic mass is 16.5. The van der Waals surface area contributed by atoms with Crippen molar-refractivity contribution in [3.05, 3.63) is 54.1 Å². The third kappa shape index (κ3) is 4.48. The molecule has 0 radical (unpaired) electrons. The van der Waals surface area contributed by atoms with E-state index in [-0.39, 0.29) is 11.7 Å². The molecule has 26 heavy (non-hydrogen) atoms. The number of rotatable bonds is 7. The van der Waals surface area contributed by atoms with Gasteiger partial charge in [-0.1, -0.05) is 30.3 Å². The first kappa shape index (κ1) is 18.1. The van der Waals surface area contributed by atoms with Gasteiger partial charge in [0.05, 0.1) is 12.8 Å². The summed E-state index contributed by atoms with van der Waals surface area (Å²) < 4.78 is 5.44. The average molecular weight is 354 g/mol. The molecule has 1 unspecified atom stereocenters. The number of carbonyl (C=O) groups excluding carboxylic acids is 1. The standard InChI is InChI=1S/C21H26N2O3/c1-26-20-9-5-3-7-18(20)23-13-12-16(15-23)14-22-21(25)11-10-17-6-2-4-8-19(17)24/h2-9,16,24H,10-15H2,1H3,(H,22,25). The van der Waals surface area contributed by atoms with Gasteiger partial charge in [-0.15, -0.1) is 0 Å². The van der Waals surface area contributed by atoms with E-state index in [0.29, 0.717) is 25.3 Å². The summed E-state index contributed by atoms with van der Waals surface area (Å²) in [5, 5.41) is 12.8. The lowest BCUT2D eigenvalue weighted by Crippen LogP contribution is -2.31. The van der Waals surface area contributed by atoms with Crippen molar-refractivity contribution in [3.63, 3.8) is 0 Å². The highest BCUT2D eigenvalue weighted by Crippen LogP contribution is 2.31. The Balaban J connectivity index is 1.44. The zero-order chi connectivity index (χ0) is 18.4. The van der Waals surface area contributed by atoms with Crippen LogP contribution in [0.3, 0.4) is 0 Å². The number of aromatic hydroxyl groups is 1. The van der Waals surface area contributed by atoms with E-state index >= 15 is 0 Å². The van der Waals surface area contributed by atoms with Crippen LogP contribution >= 0.6 is 0 Å². The minimum absolute atomic E-state index is 0.0315. The molecule has 5 nitrogen and oxygen atoms in total. The van der Waals surface area contributed by atoms with Crippen molar-refractivity contribution in [2.75, 3.05) is 31.6 Å². The molecule has 2 N–H and O–H groups in total. The fourth-order valence-electron chi connectivity index (χ4n) is 3.43. The molecule has 1 heterocycles. The zero-order valence-electron chi connectivity index (χ0n) is 15.1. The van der Waals surface area contributed by atoms with Crippen LogP contribution in [0.5, 0.6) is 11.5 Å². The third-order valence-corrected chi connectivity index (χ3v) is 4.91. The van der Waals surface area contributed by atoms with Gasteiger partial charge in [0.1, 0.15) is 11.5 Å². The topological polar surface area (TPSA) is 61.8 Å². The van der Waals surface area contributed by atoms with Crippen LogP contribution in [-0.2, 0) is 11.2 Å². The largest absolute Gasteiger partial charge is 0.508 e. The lowest BCUT2D eigenvalue weighted by atomic mass is 10.1. The molecule has 5 heteroatoms. The van der Waals surface area contributed by atoms with Gasteiger partial charge in [-0.25, -0.2) is 0 Å². The van der Waals surface area contributed by atoms with Gasteiger partial charge in [-0.05, 0) is 42.5 Å². The van der Waals surface area contributed by atoms with E-state index in [1.165, 1.54) is 0 Å². The fourth-order valence-corrected chi connectivity index (χ4v) is 3.43. The minimum atomic E-state index is 0.0315. The van der Waals surface area contributed by atoms with Crippen molar-refractivity contribution in [1.82, 2.24) is 5.32 Å². The van der Waals surface area contributed by atoms with Crippen molar-refractivity contribution in [1.29, 1.82) is 0 Å². The van der Waals surface area contributed by atoms with Crippen LogP contribution in [0.4, 0.5) is 5.69 Å². The van der Waals surface area contributed by atoms with E-state index in [9.17, 15) is 9.90 Å². The monoisotopic (exact) mass is 354 g/mol. The quantitative estimate of drug-likeness (QED) is 0.802. The molecule has 3 rings (SSSR count). The minimum Gasteiger partial charge on any atom is -0.508 e. The predicted molar refractivity (Wildman–Crippen MR) is 103 cm³/mol. The molecule has 1 aliphatic heterocycles. The van der Waals surface area contributed by atoms with Crippen LogP contribution in [0.15, 0.2) is 48.5 Å². The number of hydrogen-bond acceptors (Lipinski definition) is 4. The van der Waals surface area contributed by atoms with E-state index in [1.807, 2.05) is 30.3 Å². The molecular formula is C21H26N2O3. The number of phenolic OH excluding ortho intramolecular Hbond substituents is 1. The highest BCUT2D eigenvalue weighted by Gasteiger charge is 2.24. The van der Waals surface area contributed by atoms with Crippen LogP contribution in [0, 0.1) is 5.92 Å². The molecule has 1 atom stereocenters. The number of hydrogen-bond donors (Lipinski definition) is 2. The Labute approximate surface area is 154 Å². The van der Waals surface area contributed by atoms with Crippen molar-refractivity contribution in [3.8, 4) is 11.5 Å². The van der Waals surface area contributed by atoms with E-state index in [1.54, 1.807) is 19.2 Å². The number of phenols is 1. The van der Waals surface area contributed by atoms with Crippen molar-refractivity contribution >= 4 is 11.6 Å². The molecular weight excluding hydrogens is 328 g/mol. The summed E-state index contributed by atoms with van der Waals surface area (Å²) in [5.41, 5.74) is 1.93. The van der Waals surface area contributed by atoms with Gasteiger partial charge in [0.25, 0.3) is 0 Å². The first-order valence-electron chi connectivity index (χ1n) is 9.09. The number of ether oxygens (including phenoxy) is 1. The van der Waals surface area contributed by atoms with Gasteiger partial charge in [-0.2, -0.15) is 0 Å². The molecule has 1 amide bonds. The summed E-state index contributed by atoms with van der Waals surface area (Å²) in [4.78, 5) is 14.4. The maximum Gasteiger partial charge on any atom is 0.220 e. The summed E-state index contributed by atoms with van der Waals surface area (Å²) in [7, 11) is 1.69. The Morgan fingerprint density at radius 2 is 2.00 bits per heavy atom. The second-order valence-electron chi connectivity index (χ2n) is 6.71. The summed E-state index contributed by atoms with van der Waals surface area (Å²) >= 11 is 0. The van der Waals surface area contributed by atoms with Gasteiger partial charge in [0.2, 0.25) is 5.91 Å². The maximum atomic E-state index is 12.1. The highest BCUT2D eigenvalue weighted by molar-refractivity contribution is 5.76. The number of amides is 1. The van der Waals surface area contributed by atoms with Gasteiger partial charge in [0, 0.05) is 26.1 Å².